The maximum Gasteiger partial charge on any atom is 0.242 e. The molecule has 7 rings (SSSR count). The molecule has 2 aliphatic heterocycles. The third kappa shape index (κ3) is 4.42. The maximum atomic E-state index is 14.2. The molecular formula is C37H33N3O4. The van der Waals surface area contributed by atoms with E-state index in [4.69, 9.17) is 0 Å². The summed E-state index contributed by atoms with van der Waals surface area (Å²) in [6.45, 7) is 3.80. The van der Waals surface area contributed by atoms with Crippen molar-refractivity contribution in [1.82, 2.24) is 4.90 Å². The van der Waals surface area contributed by atoms with Gasteiger partial charge in [-0.3, -0.25) is 19.2 Å². The number of benzene rings is 4. The molecule has 1 fully saturated rings. The fourth-order valence-corrected chi connectivity index (χ4v) is 7.38. The molecule has 3 aliphatic rings. The smallest absolute Gasteiger partial charge is 0.242 e. The van der Waals surface area contributed by atoms with Crippen molar-refractivity contribution < 1.29 is 19.2 Å². The molecule has 4 aromatic carbocycles. The number of anilines is 2. The summed E-state index contributed by atoms with van der Waals surface area (Å²) in [5.41, 5.74) is 4.39. The Labute approximate surface area is 256 Å². The van der Waals surface area contributed by atoms with Crippen LogP contribution in [0, 0.1) is 17.8 Å². The van der Waals surface area contributed by atoms with Crippen LogP contribution in [0.2, 0.25) is 0 Å². The predicted octanol–water partition coefficient (Wildman–Crippen LogP) is 6.72. The molecule has 1 N–H and O–H groups in total. The molecule has 44 heavy (non-hydrogen) atoms. The number of carbonyl (C=O) groups is 4. The third-order valence-electron chi connectivity index (χ3n) is 9.31. The largest absolute Gasteiger partial charge is 0.326 e. The molecule has 4 atom stereocenters. The highest BCUT2D eigenvalue weighted by Gasteiger charge is 2.57. The molecule has 4 unspecified atom stereocenters. The van der Waals surface area contributed by atoms with E-state index < -0.39 is 17.9 Å². The molecule has 0 saturated carbocycles. The second-order valence-corrected chi connectivity index (χ2v) is 11.9. The number of amides is 4. The van der Waals surface area contributed by atoms with Gasteiger partial charge in [-0.25, -0.2) is 4.90 Å². The van der Waals surface area contributed by atoms with Crippen LogP contribution in [0.4, 0.5) is 11.4 Å². The van der Waals surface area contributed by atoms with Crippen LogP contribution in [0.3, 0.4) is 0 Å². The molecule has 4 amide bonds. The Morgan fingerprint density at radius 1 is 0.841 bits per heavy atom. The maximum absolute atomic E-state index is 14.2. The minimum absolute atomic E-state index is 0.0534. The van der Waals surface area contributed by atoms with Crippen molar-refractivity contribution in [2.75, 3.05) is 10.2 Å². The number of allylic oxidation sites excluding steroid dienone is 1. The number of para-hydroxylation sites is 1. The fraction of sp³-hybridized carbons (Fsp3) is 0.243. The van der Waals surface area contributed by atoms with E-state index in [1.807, 2.05) is 98.8 Å². The van der Waals surface area contributed by atoms with Gasteiger partial charge in [-0.15, -0.1) is 0 Å². The lowest BCUT2D eigenvalue weighted by atomic mass is 9.67. The van der Waals surface area contributed by atoms with Crippen LogP contribution >= 0.6 is 0 Å². The summed E-state index contributed by atoms with van der Waals surface area (Å²) < 4.78 is 0. The van der Waals surface area contributed by atoms with Gasteiger partial charge in [-0.05, 0) is 64.1 Å². The first kappa shape index (κ1) is 27.8. The Kier molecular flexibility index (Phi) is 6.88. The number of imide groups is 1. The Balaban J connectivity index is 1.29. The van der Waals surface area contributed by atoms with Gasteiger partial charge < -0.3 is 10.2 Å². The molecule has 0 radical (unpaired) electrons. The van der Waals surface area contributed by atoms with Crippen LogP contribution < -0.4 is 10.2 Å². The second kappa shape index (κ2) is 10.9. The van der Waals surface area contributed by atoms with Crippen molar-refractivity contribution in [3.05, 3.63) is 114 Å². The first-order chi connectivity index (χ1) is 21.4. The van der Waals surface area contributed by atoms with Gasteiger partial charge in [0, 0.05) is 17.8 Å². The number of nitrogens with zero attached hydrogens (tertiary/aromatic N) is 2. The molecule has 0 bridgehead atoms. The topological polar surface area (TPSA) is 86.8 Å². The minimum Gasteiger partial charge on any atom is -0.326 e. The third-order valence-corrected chi connectivity index (χ3v) is 9.31. The van der Waals surface area contributed by atoms with E-state index in [0.717, 1.165) is 33.2 Å². The van der Waals surface area contributed by atoms with E-state index in [1.165, 1.54) is 4.90 Å². The number of hydrogen-bond acceptors (Lipinski definition) is 4. The van der Waals surface area contributed by atoms with Gasteiger partial charge in [0.1, 0.15) is 0 Å². The van der Waals surface area contributed by atoms with Crippen LogP contribution in [0.1, 0.15) is 50.3 Å². The quantitative estimate of drug-likeness (QED) is 0.264. The highest BCUT2D eigenvalue weighted by Crippen LogP contribution is 2.55. The average Bonchev–Trinajstić information content (AvgIpc) is 3.31. The summed E-state index contributed by atoms with van der Waals surface area (Å²) in [4.78, 5) is 58.4. The van der Waals surface area contributed by atoms with Gasteiger partial charge in [0.25, 0.3) is 0 Å². The van der Waals surface area contributed by atoms with Crippen molar-refractivity contribution >= 4 is 51.3 Å². The molecule has 0 aromatic heterocycles. The van der Waals surface area contributed by atoms with E-state index in [1.54, 1.807) is 17.0 Å². The van der Waals surface area contributed by atoms with Crippen LogP contribution in [0.15, 0.2) is 103 Å². The SMILES string of the molecule is CCC(=O)N1C2=C(c3ccccc3C1CC(=O)Nc1ccc3ccccc3c1)C1C(=O)N(c3ccccc3)C(=O)C1C(C)C2. The van der Waals surface area contributed by atoms with E-state index in [9.17, 15) is 19.2 Å². The first-order valence-corrected chi connectivity index (χ1v) is 15.2. The molecule has 220 valence electrons. The van der Waals surface area contributed by atoms with Crippen LogP contribution in [-0.2, 0) is 19.2 Å². The Morgan fingerprint density at radius 3 is 2.32 bits per heavy atom. The lowest BCUT2D eigenvalue weighted by Crippen LogP contribution is -2.44. The summed E-state index contributed by atoms with van der Waals surface area (Å²) in [5.74, 6) is -2.19. The molecule has 2 heterocycles. The molecule has 7 heteroatoms. The van der Waals surface area contributed by atoms with Crippen molar-refractivity contribution in [1.29, 1.82) is 0 Å². The van der Waals surface area contributed by atoms with Crippen LogP contribution in [0.25, 0.3) is 16.3 Å². The molecule has 4 aromatic rings. The van der Waals surface area contributed by atoms with Gasteiger partial charge in [-0.1, -0.05) is 86.6 Å². The van der Waals surface area contributed by atoms with Crippen LogP contribution in [0.5, 0.6) is 0 Å². The summed E-state index contributed by atoms with van der Waals surface area (Å²) in [5, 5.41) is 5.16. The first-order valence-electron chi connectivity index (χ1n) is 15.2. The van der Waals surface area contributed by atoms with Gasteiger partial charge in [-0.2, -0.15) is 0 Å². The van der Waals surface area contributed by atoms with E-state index in [-0.39, 0.29) is 42.4 Å². The number of fused-ring (bicyclic) bond motifs is 5. The highest BCUT2D eigenvalue weighted by molar-refractivity contribution is 6.25. The zero-order chi connectivity index (χ0) is 30.5. The normalized spacial score (nSPS) is 22.5. The Bertz CT molecular complexity index is 1860. The molecule has 1 aliphatic carbocycles. The molecule has 0 spiro atoms. The standard InChI is InChI=1S/C37H33N3O4/c1-3-32(42)40-29(21-31(41)38-25-18-17-23-11-7-8-12-24(23)20-25)27-15-9-10-16-28(27)34-30(40)19-22(2)33-35(34)37(44)39(36(33)43)26-13-5-4-6-14-26/h4-18,20,22,29,33,35H,3,19,21H2,1-2H3,(H,38,41). The summed E-state index contributed by atoms with van der Waals surface area (Å²) in [6.07, 6.45) is 0.756. The summed E-state index contributed by atoms with van der Waals surface area (Å²) in [6, 6.07) is 30.0. The van der Waals surface area contributed by atoms with Crippen molar-refractivity contribution in [3.63, 3.8) is 0 Å². The Morgan fingerprint density at radius 2 is 1.55 bits per heavy atom. The van der Waals surface area contributed by atoms with Gasteiger partial charge in [0.05, 0.1) is 30.0 Å². The molecule has 7 nitrogen and oxygen atoms in total. The molecule has 1 saturated heterocycles. The van der Waals surface area contributed by atoms with Crippen LogP contribution in [-0.4, -0.2) is 28.5 Å². The monoisotopic (exact) mass is 583 g/mol. The lowest BCUT2D eigenvalue weighted by molar-refractivity contribution is -0.132. The number of nitrogens with one attached hydrogen (secondary N) is 1. The highest BCUT2D eigenvalue weighted by atomic mass is 16.2. The van der Waals surface area contributed by atoms with E-state index in [0.29, 0.717) is 17.8 Å². The fourth-order valence-electron chi connectivity index (χ4n) is 7.38. The molecular weight excluding hydrogens is 550 g/mol. The van der Waals surface area contributed by atoms with Gasteiger partial charge in [0.2, 0.25) is 23.6 Å². The van der Waals surface area contributed by atoms with Gasteiger partial charge in [0.15, 0.2) is 0 Å². The minimum atomic E-state index is -0.706. The van der Waals surface area contributed by atoms with Gasteiger partial charge >= 0.3 is 0 Å². The zero-order valence-corrected chi connectivity index (χ0v) is 24.7. The van der Waals surface area contributed by atoms with E-state index in [2.05, 4.69) is 5.32 Å². The Hall–Kier alpha value is -5.04. The summed E-state index contributed by atoms with van der Waals surface area (Å²) in [7, 11) is 0. The van der Waals surface area contributed by atoms with E-state index >= 15 is 0 Å². The van der Waals surface area contributed by atoms with Crippen molar-refractivity contribution in [3.8, 4) is 0 Å². The van der Waals surface area contributed by atoms with Crippen molar-refractivity contribution in [2.45, 2.75) is 39.2 Å². The average molecular weight is 584 g/mol. The number of hydrogen-bond donors (Lipinski definition) is 1. The van der Waals surface area contributed by atoms with Crippen molar-refractivity contribution in [2.24, 2.45) is 17.8 Å². The number of carbonyl (C=O) groups excluding carboxylic acids is 4. The summed E-state index contributed by atoms with van der Waals surface area (Å²) >= 11 is 0. The second-order valence-electron chi connectivity index (χ2n) is 11.9. The number of rotatable bonds is 5. The predicted molar refractivity (Wildman–Crippen MR) is 170 cm³/mol. The zero-order valence-electron chi connectivity index (χ0n) is 24.7. The lowest BCUT2D eigenvalue weighted by Gasteiger charge is -2.45.